The van der Waals surface area contributed by atoms with Crippen LogP contribution >= 0.6 is 0 Å². The van der Waals surface area contributed by atoms with E-state index in [1.54, 1.807) is 0 Å². The van der Waals surface area contributed by atoms with Crippen molar-refractivity contribution in [2.75, 3.05) is 0 Å². The molecule has 3 aromatic rings. The van der Waals surface area contributed by atoms with Gasteiger partial charge in [0.1, 0.15) is 0 Å². The van der Waals surface area contributed by atoms with Crippen LogP contribution in [0.1, 0.15) is 74.9 Å². The number of fused-ring (bicyclic) bond motifs is 5. The van der Waals surface area contributed by atoms with Gasteiger partial charge in [0.2, 0.25) is 0 Å². The van der Waals surface area contributed by atoms with Crippen LogP contribution in [0.4, 0.5) is 0 Å². The van der Waals surface area contributed by atoms with Gasteiger partial charge in [0, 0.05) is 5.41 Å². The molecule has 0 aromatic heterocycles. The minimum Gasteiger partial charge on any atom is -0.263 e. The van der Waals surface area contributed by atoms with Crippen LogP contribution in [0.2, 0.25) is 0 Å². The number of hydrogen-bond acceptors (Lipinski definition) is 0. The van der Waals surface area contributed by atoms with Crippen LogP contribution in [-0.4, -0.2) is 0 Å². The van der Waals surface area contributed by atoms with E-state index in [-0.39, 0.29) is 37.0 Å². The van der Waals surface area contributed by atoms with Crippen LogP contribution in [0.5, 0.6) is 0 Å². The molecule has 0 heterocycles. The molecule has 6 rings (SSSR count). The Morgan fingerprint density at radius 1 is 0.774 bits per heavy atom. The summed E-state index contributed by atoms with van der Waals surface area (Å²) < 4.78 is 0. The molecule has 0 saturated heterocycles. The molecule has 0 fully saturated rings. The molecule has 3 aliphatic carbocycles. The molecule has 0 nitrogen and oxygen atoms in total. The largest absolute Gasteiger partial charge is 2.00 e. The molecule has 154 valence electrons. The van der Waals surface area contributed by atoms with E-state index in [0.29, 0.717) is 0 Å². The maximum atomic E-state index is 3.65. The molecule has 0 amide bonds. The van der Waals surface area contributed by atoms with Gasteiger partial charge in [-0.05, 0) is 58.4 Å². The van der Waals surface area contributed by atoms with Gasteiger partial charge in [-0.3, -0.25) is 6.08 Å². The predicted octanol–water partition coefficient (Wildman–Crippen LogP) is 7.85. The zero-order chi connectivity index (χ0) is 21.3. The van der Waals surface area contributed by atoms with Crippen molar-refractivity contribution < 1.29 is 26.2 Å². The van der Waals surface area contributed by atoms with E-state index >= 15 is 0 Å². The van der Waals surface area contributed by atoms with Gasteiger partial charge in [-0.1, -0.05) is 58.2 Å². The smallest absolute Gasteiger partial charge is 0.263 e. The van der Waals surface area contributed by atoms with Crippen LogP contribution in [0.15, 0.2) is 60.7 Å². The molecule has 0 saturated carbocycles. The fraction of sp³-hybridized carbons (Fsp3) is 0.300. The van der Waals surface area contributed by atoms with Gasteiger partial charge in [0.25, 0.3) is 0 Å². The summed E-state index contributed by atoms with van der Waals surface area (Å²) in [5.74, 6) is 0. The van der Waals surface area contributed by atoms with E-state index in [9.17, 15) is 0 Å². The zero-order valence-electron chi connectivity index (χ0n) is 19.5. The van der Waals surface area contributed by atoms with E-state index in [2.05, 4.69) is 78.0 Å². The van der Waals surface area contributed by atoms with Crippen molar-refractivity contribution in [2.24, 2.45) is 0 Å². The van der Waals surface area contributed by atoms with Gasteiger partial charge >= 0.3 is 26.2 Å². The van der Waals surface area contributed by atoms with Crippen molar-refractivity contribution in [3.05, 3.63) is 100 Å². The van der Waals surface area contributed by atoms with Crippen molar-refractivity contribution in [1.82, 2.24) is 0 Å². The van der Waals surface area contributed by atoms with Crippen LogP contribution < -0.4 is 0 Å². The molecule has 0 unspecified atom stereocenters. The van der Waals surface area contributed by atoms with Gasteiger partial charge in [0.15, 0.2) is 0 Å². The van der Waals surface area contributed by atoms with Gasteiger partial charge in [0.05, 0.1) is 0 Å². The van der Waals surface area contributed by atoms with E-state index in [0.717, 1.165) is 6.42 Å². The maximum Gasteiger partial charge on any atom is 2.00 e. The number of rotatable bonds is 0. The van der Waals surface area contributed by atoms with Gasteiger partial charge < -0.3 is 0 Å². The third-order valence-corrected chi connectivity index (χ3v) is 6.99. The maximum absolute atomic E-state index is 3.65. The molecule has 0 bridgehead atoms. The molecule has 0 aliphatic heterocycles. The van der Waals surface area contributed by atoms with Crippen LogP contribution in [-0.2, 0) is 43.5 Å². The first-order chi connectivity index (χ1) is 14.2. The van der Waals surface area contributed by atoms with E-state index < -0.39 is 0 Å². The third kappa shape index (κ3) is 3.60. The minimum absolute atomic E-state index is 0. The van der Waals surface area contributed by atoms with Crippen molar-refractivity contribution in [3.8, 4) is 11.1 Å². The van der Waals surface area contributed by atoms with E-state index in [1.165, 1.54) is 55.7 Å². The molecule has 1 heteroatoms. The zero-order valence-corrected chi connectivity index (χ0v) is 21.9. The van der Waals surface area contributed by atoms with Crippen LogP contribution in [0, 0.1) is 6.08 Å². The van der Waals surface area contributed by atoms with Crippen LogP contribution in [0.3, 0.4) is 0 Å². The molecule has 0 radical (unpaired) electrons. The summed E-state index contributed by atoms with van der Waals surface area (Å²) in [6.07, 6.45) is 7.13. The van der Waals surface area contributed by atoms with Gasteiger partial charge in [-0.15, -0.1) is 11.6 Å². The number of benzene rings is 2. The normalized spacial score (nSPS) is 17.9. The molecule has 0 spiro atoms. The quantitative estimate of drug-likeness (QED) is 0.224. The number of allylic oxidation sites excluding steroid dienone is 4. The molecule has 31 heavy (non-hydrogen) atoms. The van der Waals surface area contributed by atoms with Crippen LogP contribution in [0.25, 0.3) is 22.3 Å². The first-order valence-corrected chi connectivity index (χ1v) is 11.0. The van der Waals surface area contributed by atoms with Crippen molar-refractivity contribution >= 4 is 11.1 Å². The predicted molar refractivity (Wildman–Crippen MR) is 129 cm³/mol. The first-order valence-electron chi connectivity index (χ1n) is 11.0. The monoisotopic (exact) mass is 480 g/mol. The fourth-order valence-corrected chi connectivity index (χ4v) is 5.60. The third-order valence-electron chi connectivity index (χ3n) is 6.99. The van der Waals surface area contributed by atoms with Crippen molar-refractivity contribution in [2.45, 2.75) is 58.8 Å². The summed E-state index contributed by atoms with van der Waals surface area (Å²) in [6.45, 7) is 13.7. The topological polar surface area (TPSA) is 0 Å². The summed E-state index contributed by atoms with van der Waals surface area (Å²) in [5.41, 5.74) is 14.5. The second kappa shape index (κ2) is 7.63. The Morgan fingerprint density at radius 3 is 1.94 bits per heavy atom. The second-order valence-corrected chi connectivity index (χ2v) is 10.2. The summed E-state index contributed by atoms with van der Waals surface area (Å²) in [7, 11) is 0. The SMILES string of the molecule is CC1=[C-]C(C)(C)c2cc3c(cc21)-c1cc2c(cc1C3)C(C)(C)C=C2C.[Zr+2].c1cc[cH-]c1. The molecule has 0 N–H and O–H groups in total. The van der Waals surface area contributed by atoms with Gasteiger partial charge in [-0.2, -0.15) is 23.8 Å². The molecular weight excluding hydrogens is 452 g/mol. The van der Waals surface area contributed by atoms with Gasteiger partial charge in [-0.25, -0.2) is 17.7 Å². The average Bonchev–Trinajstić information content (AvgIpc) is 3.42. The van der Waals surface area contributed by atoms with Crippen molar-refractivity contribution in [3.63, 3.8) is 0 Å². The molecular formula is C30H30Zr. The molecule has 3 aromatic carbocycles. The molecule has 3 aliphatic rings. The molecule has 0 atom stereocenters. The second-order valence-electron chi connectivity index (χ2n) is 10.2. The average molecular weight is 482 g/mol. The Bertz CT molecular complexity index is 1110. The fourth-order valence-electron chi connectivity index (χ4n) is 5.60. The summed E-state index contributed by atoms with van der Waals surface area (Å²) in [6, 6.07) is 19.8. The first kappa shape index (κ1) is 22.4. The summed E-state index contributed by atoms with van der Waals surface area (Å²) in [4.78, 5) is 0. The Hall–Kier alpha value is -1.85. The minimum atomic E-state index is 0. The van der Waals surface area contributed by atoms with Crippen molar-refractivity contribution in [1.29, 1.82) is 0 Å². The summed E-state index contributed by atoms with van der Waals surface area (Å²) in [5, 5.41) is 0. The van der Waals surface area contributed by atoms with E-state index in [1.807, 2.05) is 30.3 Å². The number of hydrogen-bond donors (Lipinski definition) is 0. The Labute approximate surface area is 206 Å². The van der Waals surface area contributed by atoms with E-state index in [4.69, 9.17) is 0 Å². The summed E-state index contributed by atoms with van der Waals surface area (Å²) >= 11 is 0. The Balaban J connectivity index is 0.000000342. The Kier molecular flexibility index (Phi) is 5.50. The standard InChI is InChI=1S/C25H25.C5H5.Zr/c1-14-12-24(3,4)22-8-16-7-17-9-23-19(15(2)13-25(23,5)6)11-21(17)20(16)10-18(14)22;1-2-4-5-3-1;/h8-12H,7H2,1-6H3;1-5H;/q2*-1;+2. The Morgan fingerprint density at radius 2 is 1.35 bits per heavy atom.